The number of aryl methyl sites for hydroxylation is 1. The molecule has 1 heterocycles. The van der Waals surface area contributed by atoms with Gasteiger partial charge in [0.1, 0.15) is 11.3 Å². The highest BCUT2D eigenvalue weighted by Gasteiger charge is 2.10. The molecule has 0 unspecified atom stereocenters. The zero-order valence-corrected chi connectivity index (χ0v) is 11.8. The van der Waals surface area contributed by atoms with Crippen LogP contribution in [0, 0.1) is 6.92 Å². The van der Waals surface area contributed by atoms with Crippen molar-refractivity contribution in [3.63, 3.8) is 0 Å². The highest BCUT2D eigenvalue weighted by atomic mass is 16.4. The van der Waals surface area contributed by atoms with Gasteiger partial charge in [-0.15, -0.1) is 0 Å². The summed E-state index contributed by atoms with van der Waals surface area (Å²) in [5.41, 5.74) is 1.81. The topological polar surface area (TPSA) is 91.6 Å². The van der Waals surface area contributed by atoms with E-state index in [0.717, 1.165) is 22.3 Å². The van der Waals surface area contributed by atoms with Crippen LogP contribution in [0.15, 0.2) is 28.7 Å². The van der Waals surface area contributed by atoms with Crippen molar-refractivity contribution in [3.05, 3.63) is 35.6 Å². The highest BCUT2D eigenvalue weighted by Crippen LogP contribution is 2.24. The normalized spacial score (nSPS) is 10.5. The lowest BCUT2D eigenvalue weighted by Gasteiger charge is -2.06. The van der Waals surface area contributed by atoms with Crippen LogP contribution in [0.1, 0.15) is 24.2 Å². The first-order valence-corrected chi connectivity index (χ1v) is 6.78. The largest absolute Gasteiger partial charge is 0.481 e. The molecule has 0 radical (unpaired) electrons. The lowest BCUT2D eigenvalue weighted by molar-refractivity contribution is -0.137. The molecule has 0 aliphatic heterocycles. The summed E-state index contributed by atoms with van der Waals surface area (Å²) in [6, 6.07) is 7.37. The molecule has 21 heavy (non-hydrogen) atoms. The number of carbonyl (C=O) groups excluding carboxylic acids is 1. The number of hydrogen-bond acceptors (Lipinski definition) is 3. The summed E-state index contributed by atoms with van der Waals surface area (Å²) >= 11 is 0. The Morgan fingerprint density at radius 3 is 2.71 bits per heavy atom. The number of aliphatic carboxylic acids is 1. The van der Waals surface area contributed by atoms with Crippen molar-refractivity contribution >= 4 is 23.0 Å². The molecule has 112 valence electrons. The minimum absolute atomic E-state index is 0.0446. The highest BCUT2D eigenvalue weighted by molar-refractivity contribution is 5.82. The minimum atomic E-state index is -0.866. The molecular weight excluding hydrogens is 272 g/mol. The van der Waals surface area contributed by atoms with Gasteiger partial charge in [-0.2, -0.15) is 0 Å². The van der Waals surface area contributed by atoms with E-state index in [4.69, 9.17) is 9.52 Å². The molecule has 0 aliphatic carbocycles. The molecule has 0 bridgehead atoms. The van der Waals surface area contributed by atoms with E-state index in [2.05, 4.69) is 10.6 Å². The van der Waals surface area contributed by atoms with Gasteiger partial charge in [-0.25, -0.2) is 4.79 Å². The number of hydrogen-bond donors (Lipinski definition) is 3. The first-order chi connectivity index (χ1) is 10.1. The van der Waals surface area contributed by atoms with E-state index in [1.165, 1.54) is 0 Å². The number of para-hydroxylation sites is 1. The summed E-state index contributed by atoms with van der Waals surface area (Å²) in [6.45, 7) is 2.58. The third kappa shape index (κ3) is 3.98. The van der Waals surface area contributed by atoms with Crippen LogP contribution in [-0.2, 0) is 11.3 Å². The van der Waals surface area contributed by atoms with E-state index in [1.54, 1.807) is 0 Å². The molecule has 0 spiro atoms. The maximum absolute atomic E-state index is 11.6. The van der Waals surface area contributed by atoms with Crippen LogP contribution < -0.4 is 10.6 Å². The van der Waals surface area contributed by atoms with Crippen LogP contribution in [0.4, 0.5) is 4.79 Å². The lowest BCUT2D eigenvalue weighted by atomic mass is 10.1. The van der Waals surface area contributed by atoms with E-state index in [0.29, 0.717) is 19.5 Å². The number of carboxylic acids is 1. The maximum Gasteiger partial charge on any atom is 0.315 e. The predicted octanol–water partition coefficient (Wildman–Crippen LogP) is 2.41. The number of urea groups is 1. The Kier molecular flexibility index (Phi) is 4.81. The average molecular weight is 290 g/mol. The molecule has 6 nitrogen and oxygen atoms in total. The lowest BCUT2D eigenvalue weighted by Crippen LogP contribution is -2.35. The number of fused-ring (bicyclic) bond motifs is 1. The molecule has 0 saturated heterocycles. The smallest absolute Gasteiger partial charge is 0.315 e. The molecule has 1 aromatic carbocycles. The van der Waals surface area contributed by atoms with Crippen molar-refractivity contribution < 1.29 is 19.1 Å². The summed E-state index contributed by atoms with van der Waals surface area (Å²) in [7, 11) is 0. The van der Waals surface area contributed by atoms with E-state index in [1.807, 2.05) is 31.2 Å². The van der Waals surface area contributed by atoms with E-state index in [-0.39, 0.29) is 12.5 Å². The summed E-state index contributed by atoms with van der Waals surface area (Å²) < 4.78 is 5.69. The molecular formula is C15H18N2O4. The van der Waals surface area contributed by atoms with Crippen molar-refractivity contribution in [1.29, 1.82) is 0 Å². The molecule has 0 fully saturated rings. The van der Waals surface area contributed by atoms with Crippen molar-refractivity contribution in [2.45, 2.75) is 26.3 Å². The Bertz CT molecular complexity index is 648. The minimum Gasteiger partial charge on any atom is -0.481 e. The van der Waals surface area contributed by atoms with Gasteiger partial charge in [0, 0.05) is 23.9 Å². The molecule has 2 amide bonds. The number of benzene rings is 1. The van der Waals surface area contributed by atoms with Gasteiger partial charge in [0.15, 0.2) is 0 Å². The van der Waals surface area contributed by atoms with Crippen LogP contribution in [0.2, 0.25) is 0 Å². The summed E-state index contributed by atoms with van der Waals surface area (Å²) in [5, 5.41) is 14.8. The van der Waals surface area contributed by atoms with Gasteiger partial charge in [-0.3, -0.25) is 4.79 Å². The number of rotatable bonds is 6. The van der Waals surface area contributed by atoms with Crippen molar-refractivity contribution in [2.24, 2.45) is 0 Å². The second-order valence-corrected chi connectivity index (χ2v) is 4.75. The quantitative estimate of drug-likeness (QED) is 0.712. The van der Waals surface area contributed by atoms with Crippen LogP contribution in [-0.4, -0.2) is 23.7 Å². The molecule has 0 saturated carbocycles. The van der Waals surface area contributed by atoms with E-state index < -0.39 is 5.97 Å². The maximum atomic E-state index is 11.6. The fourth-order valence-corrected chi connectivity index (χ4v) is 2.06. The number of nitrogens with one attached hydrogen (secondary N) is 2. The fraction of sp³-hybridized carbons (Fsp3) is 0.333. The Morgan fingerprint density at radius 2 is 2.00 bits per heavy atom. The van der Waals surface area contributed by atoms with Gasteiger partial charge in [-0.1, -0.05) is 18.2 Å². The fourth-order valence-electron chi connectivity index (χ4n) is 2.06. The summed E-state index contributed by atoms with van der Waals surface area (Å²) in [4.78, 5) is 21.9. The standard InChI is InChI=1S/C15H18N2O4/c1-10-11-5-2-3-6-12(11)21-13(10)9-17-15(20)16-8-4-7-14(18)19/h2-3,5-6H,4,7-9H2,1H3,(H,18,19)(H2,16,17,20). The molecule has 3 N–H and O–H groups in total. The summed E-state index contributed by atoms with van der Waals surface area (Å²) in [5.74, 6) is -0.146. The van der Waals surface area contributed by atoms with Gasteiger partial charge in [-0.05, 0) is 19.4 Å². The van der Waals surface area contributed by atoms with E-state index in [9.17, 15) is 9.59 Å². The first kappa shape index (κ1) is 14.9. The molecule has 6 heteroatoms. The molecule has 2 aromatic rings. The average Bonchev–Trinajstić information content (AvgIpc) is 2.78. The third-order valence-electron chi connectivity index (χ3n) is 3.20. The molecule has 2 rings (SSSR count). The number of carboxylic acid groups (broad SMARTS) is 1. The second kappa shape index (κ2) is 6.78. The van der Waals surface area contributed by atoms with Gasteiger partial charge in [0.05, 0.1) is 6.54 Å². The Hall–Kier alpha value is -2.50. The Labute approximate surface area is 122 Å². The van der Waals surface area contributed by atoms with Crippen LogP contribution in [0.3, 0.4) is 0 Å². The number of furan rings is 1. The first-order valence-electron chi connectivity index (χ1n) is 6.78. The van der Waals surface area contributed by atoms with Crippen molar-refractivity contribution in [3.8, 4) is 0 Å². The van der Waals surface area contributed by atoms with E-state index >= 15 is 0 Å². The van der Waals surface area contributed by atoms with Gasteiger partial charge >= 0.3 is 12.0 Å². The van der Waals surface area contributed by atoms with Crippen molar-refractivity contribution in [2.75, 3.05) is 6.54 Å². The van der Waals surface area contributed by atoms with Crippen LogP contribution in [0.25, 0.3) is 11.0 Å². The van der Waals surface area contributed by atoms with Crippen LogP contribution in [0.5, 0.6) is 0 Å². The van der Waals surface area contributed by atoms with Crippen molar-refractivity contribution in [1.82, 2.24) is 10.6 Å². The SMILES string of the molecule is Cc1c(CNC(=O)NCCCC(=O)O)oc2ccccc12. The Morgan fingerprint density at radius 1 is 1.24 bits per heavy atom. The second-order valence-electron chi connectivity index (χ2n) is 4.75. The molecule has 0 atom stereocenters. The summed E-state index contributed by atoms with van der Waals surface area (Å²) in [6.07, 6.45) is 0.454. The third-order valence-corrected chi connectivity index (χ3v) is 3.20. The monoisotopic (exact) mass is 290 g/mol. The van der Waals surface area contributed by atoms with Gasteiger partial charge < -0.3 is 20.2 Å². The zero-order chi connectivity index (χ0) is 15.2. The molecule has 0 aliphatic rings. The van der Waals surface area contributed by atoms with Gasteiger partial charge in [0.2, 0.25) is 0 Å². The predicted molar refractivity (Wildman–Crippen MR) is 78.1 cm³/mol. The number of amides is 2. The van der Waals surface area contributed by atoms with Crippen LogP contribution >= 0.6 is 0 Å². The number of carbonyl (C=O) groups is 2. The van der Waals surface area contributed by atoms with Gasteiger partial charge in [0.25, 0.3) is 0 Å². The molecule has 1 aromatic heterocycles. The Balaban J connectivity index is 1.83. The zero-order valence-electron chi connectivity index (χ0n) is 11.8.